The molecule has 1 unspecified atom stereocenters. The van der Waals surface area contributed by atoms with Gasteiger partial charge in [0.1, 0.15) is 29.2 Å². The van der Waals surface area contributed by atoms with E-state index in [1.165, 1.54) is 12.0 Å². The molecule has 0 bridgehead atoms. The van der Waals surface area contributed by atoms with Crippen molar-refractivity contribution in [2.45, 2.75) is 45.1 Å². The van der Waals surface area contributed by atoms with Gasteiger partial charge in [-0.05, 0) is 47.2 Å². The number of rotatable bonds is 5. The summed E-state index contributed by atoms with van der Waals surface area (Å²) < 4.78 is 39.8. The van der Waals surface area contributed by atoms with E-state index in [9.17, 15) is 23.2 Å². The predicted octanol–water partition coefficient (Wildman–Crippen LogP) is 3.86. The summed E-state index contributed by atoms with van der Waals surface area (Å²) in [5.74, 6) is -1.90. The molecule has 0 aliphatic carbocycles. The number of carbonyl (C=O) groups is 2. The number of ether oxygens (including phenoxy) is 1. The Labute approximate surface area is 206 Å². The molecule has 2 amide bonds. The van der Waals surface area contributed by atoms with E-state index in [0.29, 0.717) is 17.7 Å². The van der Waals surface area contributed by atoms with Crippen molar-refractivity contribution in [3.63, 3.8) is 0 Å². The molecule has 0 fully saturated rings. The number of hydrogen-bond acceptors (Lipinski definition) is 5. The molecule has 1 aliphatic heterocycles. The molecule has 8 nitrogen and oxygen atoms in total. The van der Waals surface area contributed by atoms with Crippen LogP contribution in [0.1, 0.15) is 49.3 Å². The average Bonchev–Trinajstić information content (AvgIpc) is 3.20. The minimum Gasteiger partial charge on any atom is -0.497 e. The van der Waals surface area contributed by atoms with Crippen molar-refractivity contribution in [2.24, 2.45) is 0 Å². The lowest BCUT2D eigenvalue weighted by Crippen LogP contribution is -2.46. The maximum Gasteiger partial charge on any atom is 0.280 e. The van der Waals surface area contributed by atoms with Crippen LogP contribution in [-0.2, 0) is 27.8 Å². The van der Waals surface area contributed by atoms with Gasteiger partial charge in [-0.3, -0.25) is 14.4 Å². The molecule has 190 valence electrons. The van der Waals surface area contributed by atoms with Crippen molar-refractivity contribution in [1.29, 1.82) is 0 Å². The van der Waals surface area contributed by atoms with Crippen LogP contribution >= 0.6 is 0 Å². The first-order valence-electron chi connectivity index (χ1n) is 11.4. The topological polar surface area (TPSA) is 105 Å². The Morgan fingerprint density at radius 3 is 2.44 bits per heavy atom. The van der Waals surface area contributed by atoms with E-state index in [1.54, 1.807) is 39.0 Å². The van der Waals surface area contributed by atoms with Crippen LogP contribution in [0.5, 0.6) is 5.75 Å². The lowest BCUT2D eigenvalue weighted by Gasteiger charge is -2.36. The van der Waals surface area contributed by atoms with Gasteiger partial charge in [0.25, 0.3) is 11.5 Å². The van der Waals surface area contributed by atoms with E-state index >= 15 is 0 Å². The molecule has 0 radical (unpaired) electrons. The van der Waals surface area contributed by atoms with Crippen molar-refractivity contribution in [2.75, 3.05) is 19.0 Å². The molecule has 0 spiro atoms. The molecular formula is C26H27F2N3O5. The summed E-state index contributed by atoms with van der Waals surface area (Å²) in [4.78, 5) is 39.4. The van der Waals surface area contributed by atoms with Gasteiger partial charge in [-0.1, -0.05) is 26.8 Å². The number of aromatic amines is 1. The van der Waals surface area contributed by atoms with Gasteiger partial charge >= 0.3 is 0 Å². The molecule has 2 heterocycles. The number of aromatic nitrogens is 1. The lowest BCUT2D eigenvalue weighted by molar-refractivity contribution is -0.139. The summed E-state index contributed by atoms with van der Waals surface area (Å²) in [7, 11) is 1.53. The number of fused-ring (bicyclic) bond motifs is 1. The second-order valence-corrected chi connectivity index (χ2v) is 9.71. The smallest absolute Gasteiger partial charge is 0.280 e. The van der Waals surface area contributed by atoms with Crippen LogP contribution in [0.15, 0.2) is 45.7 Å². The number of nitrogens with one attached hydrogen (secondary N) is 2. The first kappa shape index (κ1) is 25.2. The standard InChI is InChI=1S/C26H27F2N3O5/c1-26(2,3)23-19(27)10-15(11-20(23)28)29-25(34)24-18-6-5-16(35-4)9-14(18)7-8-31(24)22(33)13-17-12-21(32)30-36-17/h5-6,9-12,24H,7-8,13H2,1-4H3,(H,29,34)(H,30,32). The third kappa shape index (κ3) is 5.02. The number of amides is 2. The van der Waals surface area contributed by atoms with E-state index in [4.69, 9.17) is 9.26 Å². The van der Waals surface area contributed by atoms with E-state index in [-0.39, 0.29) is 30.0 Å². The highest BCUT2D eigenvalue weighted by atomic mass is 19.1. The van der Waals surface area contributed by atoms with Crippen LogP contribution in [0.25, 0.3) is 0 Å². The van der Waals surface area contributed by atoms with Crippen LogP contribution in [0.2, 0.25) is 0 Å². The number of benzene rings is 2. The highest BCUT2D eigenvalue weighted by Crippen LogP contribution is 2.35. The quantitative estimate of drug-likeness (QED) is 0.555. The summed E-state index contributed by atoms with van der Waals surface area (Å²) in [5.41, 5.74) is -0.0176. The normalized spacial score (nSPS) is 15.4. The summed E-state index contributed by atoms with van der Waals surface area (Å²) in [6.45, 7) is 5.28. The lowest BCUT2D eigenvalue weighted by atomic mass is 9.86. The van der Waals surface area contributed by atoms with Gasteiger partial charge in [-0.15, -0.1) is 0 Å². The Kier molecular flexibility index (Phi) is 6.71. The average molecular weight is 500 g/mol. The van der Waals surface area contributed by atoms with E-state index in [2.05, 4.69) is 10.5 Å². The number of hydrogen-bond donors (Lipinski definition) is 2. The van der Waals surface area contributed by atoms with Gasteiger partial charge in [-0.2, -0.15) is 5.16 Å². The zero-order valence-electron chi connectivity index (χ0n) is 20.4. The molecule has 10 heteroatoms. The van der Waals surface area contributed by atoms with Crippen molar-refractivity contribution >= 4 is 17.5 Å². The van der Waals surface area contributed by atoms with Crippen molar-refractivity contribution in [3.8, 4) is 5.75 Å². The second-order valence-electron chi connectivity index (χ2n) is 9.71. The molecule has 4 rings (SSSR count). The fraction of sp³-hybridized carbons (Fsp3) is 0.346. The third-order valence-electron chi connectivity index (χ3n) is 6.11. The number of nitrogens with zero attached hydrogens (tertiary/aromatic N) is 1. The number of methoxy groups -OCH3 is 1. The number of halogens is 2. The Hall–Kier alpha value is -3.95. The van der Waals surface area contributed by atoms with Crippen LogP contribution in [0.4, 0.5) is 14.5 Å². The molecule has 0 saturated carbocycles. The minimum absolute atomic E-state index is 0.0623. The summed E-state index contributed by atoms with van der Waals surface area (Å²) in [5, 5.41) is 4.70. The molecule has 1 aliphatic rings. The van der Waals surface area contributed by atoms with Gasteiger partial charge in [0.15, 0.2) is 0 Å². The number of H-pyrrole nitrogens is 1. The van der Waals surface area contributed by atoms with Gasteiger partial charge in [0, 0.05) is 23.9 Å². The van der Waals surface area contributed by atoms with E-state index in [0.717, 1.165) is 23.8 Å². The summed E-state index contributed by atoms with van der Waals surface area (Å²) in [6.07, 6.45) is 0.222. The third-order valence-corrected chi connectivity index (χ3v) is 6.11. The zero-order valence-corrected chi connectivity index (χ0v) is 20.4. The summed E-state index contributed by atoms with van der Waals surface area (Å²) >= 11 is 0. The van der Waals surface area contributed by atoms with Crippen molar-refractivity contribution < 1.29 is 27.6 Å². The Morgan fingerprint density at radius 1 is 1.17 bits per heavy atom. The first-order valence-corrected chi connectivity index (χ1v) is 11.4. The van der Waals surface area contributed by atoms with Gasteiger partial charge in [0.05, 0.1) is 13.5 Å². The molecule has 2 aromatic carbocycles. The Bertz CT molecular complexity index is 1350. The number of carbonyl (C=O) groups excluding carboxylic acids is 2. The SMILES string of the molecule is COc1ccc2c(c1)CCN(C(=O)Cc1cc(=O)[nH]o1)C2C(=O)Nc1cc(F)c(C(C)(C)C)c(F)c1. The van der Waals surface area contributed by atoms with Gasteiger partial charge in [-0.25, -0.2) is 8.78 Å². The molecule has 1 aromatic heterocycles. The fourth-order valence-electron chi connectivity index (χ4n) is 4.51. The molecule has 2 N–H and O–H groups in total. The molecule has 36 heavy (non-hydrogen) atoms. The summed E-state index contributed by atoms with van der Waals surface area (Å²) in [6, 6.07) is 7.39. The van der Waals surface area contributed by atoms with Crippen LogP contribution in [-0.4, -0.2) is 35.5 Å². The second kappa shape index (κ2) is 9.60. The van der Waals surface area contributed by atoms with Crippen LogP contribution < -0.4 is 15.6 Å². The van der Waals surface area contributed by atoms with Crippen LogP contribution in [0.3, 0.4) is 0 Å². The van der Waals surface area contributed by atoms with E-state index in [1.807, 2.05) is 0 Å². The highest BCUT2D eigenvalue weighted by Gasteiger charge is 2.37. The maximum absolute atomic E-state index is 14.8. The molecule has 0 saturated heterocycles. The molecule has 1 atom stereocenters. The van der Waals surface area contributed by atoms with Gasteiger partial charge in [0.2, 0.25) is 5.91 Å². The molecule has 3 aromatic rings. The predicted molar refractivity (Wildman–Crippen MR) is 128 cm³/mol. The zero-order chi connectivity index (χ0) is 26.2. The largest absolute Gasteiger partial charge is 0.497 e. The first-order chi connectivity index (χ1) is 17.0. The monoisotopic (exact) mass is 499 g/mol. The minimum atomic E-state index is -1.08. The Balaban J connectivity index is 1.68. The Morgan fingerprint density at radius 2 is 1.86 bits per heavy atom. The van der Waals surface area contributed by atoms with Crippen LogP contribution in [0, 0.1) is 11.6 Å². The maximum atomic E-state index is 14.8. The van der Waals surface area contributed by atoms with Crippen molar-refractivity contribution in [3.05, 3.63) is 80.8 Å². The van der Waals surface area contributed by atoms with Gasteiger partial charge < -0.3 is 19.5 Å². The highest BCUT2D eigenvalue weighted by molar-refractivity contribution is 5.98. The fourth-order valence-corrected chi connectivity index (χ4v) is 4.51. The molecular weight excluding hydrogens is 472 g/mol. The van der Waals surface area contributed by atoms with E-state index < -0.39 is 40.5 Å². The number of anilines is 1. The van der Waals surface area contributed by atoms with Crippen molar-refractivity contribution in [1.82, 2.24) is 10.1 Å².